The van der Waals surface area contributed by atoms with E-state index < -0.39 is 0 Å². The summed E-state index contributed by atoms with van der Waals surface area (Å²) in [7, 11) is 0. The summed E-state index contributed by atoms with van der Waals surface area (Å²) >= 11 is 0. The van der Waals surface area contributed by atoms with Gasteiger partial charge >= 0.3 is 0 Å². The lowest BCUT2D eigenvalue weighted by atomic mass is 9.84. The Kier molecular flexibility index (Phi) is 8.72. The molecule has 0 rings (SSSR count). The van der Waals surface area contributed by atoms with E-state index in [0.29, 0.717) is 32.0 Å². The number of hydrogen-bond donors (Lipinski definition) is 0. The zero-order chi connectivity index (χ0) is 16.7. The second-order valence-electron chi connectivity index (χ2n) is 8.13. The molecule has 3 heteroatoms. The minimum absolute atomic E-state index is 0.00106. The van der Waals surface area contributed by atoms with Gasteiger partial charge in [-0.1, -0.05) is 41.5 Å². The summed E-state index contributed by atoms with van der Waals surface area (Å²) in [6.45, 7) is 18.6. The summed E-state index contributed by atoms with van der Waals surface area (Å²) in [5, 5.41) is 0. The fourth-order valence-corrected chi connectivity index (χ4v) is 1.96. The van der Waals surface area contributed by atoms with Gasteiger partial charge in [0, 0.05) is 17.8 Å². The molecule has 0 radical (unpaired) electrons. The van der Waals surface area contributed by atoms with Crippen LogP contribution in [0.3, 0.4) is 0 Å². The average Bonchev–Trinajstić information content (AvgIpc) is 2.34. The number of hydrogen-bond acceptors (Lipinski definition) is 3. The Labute approximate surface area is 131 Å². The molecule has 1 atom stereocenters. The lowest BCUT2D eigenvalue weighted by molar-refractivity contribution is -0.125. The van der Waals surface area contributed by atoms with Gasteiger partial charge in [0.05, 0.1) is 25.9 Å². The number of rotatable bonds is 11. The molecule has 21 heavy (non-hydrogen) atoms. The molecule has 0 aromatic carbocycles. The maximum absolute atomic E-state index is 12.1. The average molecular weight is 300 g/mol. The number of Topliss-reactive ketones (excluding diaryl/α,β-unsaturated/α-hetero) is 1. The van der Waals surface area contributed by atoms with Gasteiger partial charge in [0.2, 0.25) is 0 Å². The highest BCUT2D eigenvalue weighted by Gasteiger charge is 2.26. The van der Waals surface area contributed by atoms with Crippen molar-refractivity contribution in [2.45, 2.75) is 74.3 Å². The van der Waals surface area contributed by atoms with Gasteiger partial charge in [-0.2, -0.15) is 0 Å². The smallest absolute Gasteiger partial charge is 0.136 e. The van der Waals surface area contributed by atoms with Crippen LogP contribution in [0.2, 0.25) is 0 Å². The van der Waals surface area contributed by atoms with Crippen LogP contribution in [-0.2, 0) is 14.3 Å². The molecule has 0 aromatic heterocycles. The van der Waals surface area contributed by atoms with Crippen LogP contribution in [-0.4, -0.2) is 31.7 Å². The van der Waals surface area contributed by atoms with Gasteiger partial charge in [-0.3, -0.25) is 4.79 Å². The molecule has 0 bridgehead atoms. The van der Waals surface area contributed by atoms with Crippen molar-refractivity contribution in [3.63, 3.8) is 0 Å². The monoisotopic (exact) mass is 300 g/mol. The van der Waals surface area contributed by atoms with Gasteiger partial charge in [0.25, 0.3) is 0 Å². The van der Waals surface area contributed by atoms with Crippen molar-refractivity contribution in [3.05, 3.63) is 0 Å². The zero-order valence-electron chi connectivity index (χ0n) is 15.4. The Balaban J connectivity index is 4.16. The minimum atomic E-state index is -0.102. The summed E-state index contributed by atoms with van der Waals surface area (Å²) < 4.78 is 11.5. The lowest BCUT2D eigenvalue weighted by Crippen LogP contribution is -2.31. The summed E-state index contributed by atoms with van der Waals surface area (Å²) in [5.41, 5.74) is -0.101. The highest BCUT2D eigenvalue weighted by Crippen LogP contribution is 2.25. The molecule has 0 saturated heterocycles. The first kappa shape index (κ1) is 20.6. The molecule has 0 spiro atoms. The minimum Gasteiger partial charge on any atom is -0.380 e. The van der Waals surface area contributed by atoms with E-state index in [0.717, 1.165) is 6.42 Å². The van der Waals surface area contributed by atoms with E-state index in [1.165, 1.54) is 0 Å². The van der Waals surface area contributed by atoms with Crippen molar-refractivity contribution >= 4 is 5.78 Å². The normalized spacial score (nSPS) is 14.5. The molecule has 0 aliphatic rings. The molecule has 0 aliphatic carbocycles. The van der Waals surface area contributed by atoms with Crippen LogP contribution >= 0.6 is 0 Å². The highest BCUT2D eigenvalue weighted by atomic mass is 16.5. The van der Waals surface area contributed by atoms with Gasteiger partial charge < -0.3 is 9.47 Å². The van der Waals surface area contributed by atoms with Crippen molar-refractivity contribution in [1.82, 2.24) is 0 Å². The Morgan fingerprint density at radius 2 is 1.48 bits per heavy atom. The molecule has 0 N–H and O–H groups in total. The molecular formula is C18H36O3. The summed E-state index contributed by atoms with van der Waals surface area (Å²) in [5.74, 6) is 0.494. The van der Waals surface area contributed by atoms with E-state index >= 15 is 0 Å². The van der Waals surface area contributed by atoms with Crippen LogP contribution in [0.5, 0.6) is 0 Å². The predicted molar refractivity (Wildman–Crippen MR) is 88.5 cm³/mol. The third-order valence-corrected chi connectivity index (χ3v) is 3.61. The van der Waals surface area contributed by atoms with Crippen LogP contribution in [0, 0.1) is 16.7 Å². The Morgan fingerprint density at radius 3 is 1.95 bits per heavy atom. The SMILES string of the molecule is CCC(C)C(=O)CC(C)(C)COCC(C)(C)COC(C)C. The molecule has 0 amide bonds. The van der Waals surface area contributed by atoms with E-state index in [-0.39, 0.29) is 22.9 Å². The Bertz CT molecular complexity index is 306. The Morgan fingerprint density at radius 1 is 0.952 bits per heavy atom. The zero-order valence-corrected chi connectivity index (χ0v) is 15.4. The molecule has 0 saturated carbocycles. The van der Waals surface area contributed by atoms with Gasteiger partial charge in [-0.05, 0) is 25.7 Å². The van der Waals surface area contributed by atoms with E-state index in [2.05, 4.69) is 34.6 Å². The number of ether oxygens (including phenoxy) is 2. The highest BCUT2D eigenvalue weighted by molar-refractivity contribution is 5.81. The van der Waals surface area contributed by atoms with Crippen molar-refractivity contribution in [1.29, 1.82) is 0 Å². The molecule has 0 fully saturated rings. The molecule has 0 aliphatic heterocycles. The van der Waals surface area contributed by atoms with E-state index in [1.807, 2.05) is 20.8 Å². The van der Waals surface area contributed by atoms with Gasteiger partial charge in [-0.25, -0.2) is 0 Å². The first-order chi connectivity index (χ1) is 9.49. The van der Waals surface area contributed by atoms with Crippen molar-refractivity contribution < 1.29 is 14.3 Å². The third-order valence-electron chi connectivity index (χ3n) is 3.61. The van der Waals surface area contributed by atoms with E-state index in [9.17, 15) is 4.79 Å². The molecule has 0 aromatic rings. The second kappa shape index (κ2) is 8.89. The largest absolute Gasteiger partial charge is 0.380 e. The number of carbonyl (C=O) groups excluding carboxylic acids is 1. The molecule has 0 heterocycles. The first-order valence-electron chi connectivity index (χ1n) is 8.21. The first-order valence-corrected chi connectivity index (χ1v) is 8.21. The predicted octanol–water partition coefficient (Wildman–Crippen LogP) is 4.49. The fourth-order valence-electron chi connectivity index (χ4n) is 1.96. The van der Waals surface area contributed by atoms with Crippen LogP contribution < -0.4 is 0 Å². The van der Waals surface area contributed by atoms with Crippen molar-refractivity contribution in [3.8, 4) is 0 Å². The lowest BCUT2D eigenvalue weighted by Gasteiger charge is -2.29. The molecular weight excluding hydrogens is 264 g/mol. The summed E-state index contributed by atoms with van der Waals surface area (Å²) in [6, 6.07) is 0. The second-order valence-corrected chi connectivity index (χ2v) is 8.13. The van der Waals surface area contributed by atoms with E-state index in [4.69, 9.17) is 9.47 Å². The van der Waals surface area contributed by atoms with E-state index in [1.54, 1.807) is 0 Å². The Hall–Kier alpha value is -0.410. The fraction of sp³-hybridized carbons (Fsp3) is 0.944. The summed E-state index contributed by atoms with van der Waals surface area (Å²) in [4.78, 5) is 12.1. The van der Waals surface area contributed by atoms with Crippen LogP contribution in [0.1, 0.15) is 68.2 Å². The molecule has 1 unspecified atom stereocenters. The van der Waals surface area contributed by atoms with Crippen LogP contribution in [0.25, 0.3) is 0 Å². The number of ketones is 1. The van der Waals surface area contributed by atoms with Gasteiger partial charge in [-0.15, -0.1) is 0 Å². The molecule has 126 valence electrons. The summed E-state index contributed by atoms with van der Waals surface area (Å²) in [6.07, 6.45) is 1.74. The van der Waals surface area contributed by atoms with Crippen molar-refractivity contribution in [2.75, 3.05) is 19.8 Å². The van der Waals surface area contributed by atoms with Crippen LogP contribution in [0.4, 0.5) is 0 Å². The number of carbonyl (C=O) groups is 1. The third kappa shape index (κ3) is 10.0. The van der Waals surface area contributed by atoms with Gasteiger partial charge in [0.1, 0.15) is 5.78 Å². The molecule has 3 nitrogen and oxygen atoms in total. The van der Waals surface area contributed by atoms with Gasteiger partial charge in [0.15, 0.2) is 0 Å². The maximum Gasteiger partial charge on any atom is 0.136 e. The quantitative estimate of drug-likeness (QED) is 0.564. The van der Waals surface area contributed by atoms with Crippen LogP contribution in [0.15, 0.2) is 0 Å². The van der Waals surface area contributed by atoms with Crippen molar-refractivity contribution in [2.24, 2.45) is 16.7 Å². The standard InChI is InChI=1S/C18H36O3/c1-9-15(4)16(19)10-17(5,6)11-20-12-18(7,8)13-21-14(2)3/h14-15H,9-13H2,1-8H3. The maximum atomic E-state index is 12.1. The topological polar surface area (TPSA) is 35.5 Å².